The van der Waals surface area contributed by atoms with E-state index in [1.807, 2.05) is 12.1 Å². The van der Waals surface area contributed by atoms with Gasteiger partial charge in [0.2, 0.25) is 0 Å². The average molecular weight is 447 g/mol. The summed E-state index contributed by atoms with van der Waals surface area (Å²) in [6, 6.07) is 13.3. The summed E-state index contributed by atoms with van der Waals surface area (Å²) < 4.78 is 24.3. The van der Waals surface area contributed by atoms with Gasteiger partial charge in [0.15, 0.2) is 20.1 Å². The molecule has 0 radical (unpaired) electrons. The average Bonchev–Trinajstić information content (AvgIpc) is 3.11. The highest BCUT2D eigenvalue weighted by molar-refractivity contribution is 8.13. The Morgan fingerprint density at radius 3 is 2.76 bits per heavy atom. The van der Waals surface area contributed by atoms with Crippen molar-refractivity contribution in [2.75, 3.05) is 30.4 Å². The first kappa shape index (κ1) is 20.2. The van der Waals surface area contributed by atoms with Crippen molar-refractivity contribution in [2.45, 2.75) is 17.7 Å². The summed E-state index contributed by atoms with van der Waals surface area (Å²) in [6.45, 7) is 1.75. The summed E-state index contributed by atoms with van der Waals surface area (Å²) in [6.07, 6.45) is 3.27. The van der Waals surface area contributed by atoms with Crippen LogP contribution in [-0.4, -0.2) is 43.7 Å². The summed E-state index contributed by atoms with van der Waals surface area (Å²) >= 11 is 3.24. The Hall–Kier alpha value is -2.10. The minimum Gasteiger partial charge on any atom is -0.365 e. The zero-order valence-electron chi connectivity index (χ0n) is 16.0. The number of rotatable bonds is 6. The molecule has 9 heteroatoms. The Bertz CT molecular complexity index is 1130. The fourth-order valence-electron chi connectivity index (χ4n) is 2.94. The van der Waals surface area contributed by atoms with Crippen LogP contribution < -0.4 is 10.6 Å². The van der Waals surface area contributed by atoms with Crippen LogP contribution >= 0.6 is 23.1 Å². The van der Waals surface area contributed by atoms with Gasteiger partial charge >= 0.3 is 0 Å². The van der Waals surface area contributed by atoms with E-state index in [1.54, 1.807) is 30.0 Å². The quantitative estimate of drug-likeness (QED) is 0.594. The van der Waals surface area contributed by atoms with Crippen LogP contribution in [0.1, 0.15) is 12.0 Å². The van der Waals surface area contributed by atoms with Crippen molar-refractivity contribution in [3.63, 3.8) is 0 Å². The van der Waals surface area contributed by atoms with Crippen LogP contribution in [0.5, 0.6) is 0 Å². The molecule has 0 saturated carbocycles. The number of amidine groups is 1. The van der Waals surface area contributed by atoms with E-state index < -0.39 is 9.84 Å². The molecule has 3 aromatic rings. The lowest BCUT2D eigenvalue weighted by Gasteiger charge is -2.14. The molecule has 0 unspecified atom stereocenters. The van der Waals surface area contributed by atoms with Gasteiger partial charge in [-0.25, -0.2) is 18.4 Å². The molecule has 1 fully saturated rings. The largest absolute Gasteiger partial charge is 0.365 e. The van der Waals surface area contributed by atoms with Crippen molar-refractivity contribution in [3.05, 3.63) is 48.0 Å². The first-order chi connectivity index (χ1) is 14.0. The fourth-order valence-corrected chi connectivity index (χ4v) is 5.45. The summed E-state index contributed by atoms with van der Waals surface area (Å²) in [5.41, 5.74) is 3.00. The molecule has 2 N–H and O–H groups in total. The van der Waals surface area contributed by atoms with Gasteiger partial charge in [-0.3, -0.25) is 0 Å². The summed E-state index contributed by atoms with van der Waals surface area (Å²) in [7, 11) is -3.21. The molecule has 1 aromatic heterocycles. The number of sulfone groups is 1. The van der Waals surface area contributed by atoms with Gasteiger partial charge in [-0.1, -0.05) is 35.2 Å². The number of aliphatic imine (C=N–C) groups is 1. The zero-order valence-corrected chi connectivity index (χ0v) is 18.5. The van der Waals surface area contributed by atoms with Gasteiger partial charge < -0.3 is 10.6 Å². The van der Waals surface area contributed by atoms with E-state index in [4.69, 9.17) is 0 Å². The number of aromatic nitrogens is 1. The molecule has 2 heterocycles. The Morgan fingerprint density at radius 1 is 1.21 bits per heavy atom. The minimum absolute atomic E-state index is 0.325. The van der Waals surface area contributed by atoms with Gasteiger partial charge in [-0.2, -0.15) is 0 Å². The van der Waals surface area contributed by atoms with E-state index in [0.717, 1.165) is 51.5 Å². The number of nitrogens with zero attached hydrogens (tertiary/aromatic N) is 2. The third kappa shape index (κ3) is 5.29. The normalized spacial score (nSPS) is 16.1. The lowest BCUT2D eigenvalue weighted by Crippen LogP contribution is -2.26. The number of thioether (sulfide) groups is 1. The van der Waals surface area contributed by atoms with Crippen LogP contribution in [0.25, 0.3) is 10.2 Å². The van der Waals surface area contributed by atoms with Gasteiger partial charge in [0.05, 0.1) is 20.8 Å². The lowest BCUT2D eigenvalue weighted by atomic mass is 10.1. The maximum absolute atomic E-state index is 11.7. The monoisotopic (exact) mass is 446 g/mol. The first-order valence-electron chi connectivity index (χ1n) is 9.36. The van der Waals surface area contributed by atoms with Gasteiger partial charge in [0.1, 0.15) is 0 Å². The maximum atomic E-state index is 11.7. The van der Waals surface area contributed by atoms with Gasteiger partial charge in [-0.15, -0.1) is 0 Å². The topological polar surface area (TPSA) is 83.5 Å². The highest BCUT2D eigenvalue weighted by Crippen LogP contribution is 2.28. The van der Waals surface area contributed by atoms with E-state index in [2.05, 4.69) is 32.7 Å². The Balaban J connectivity index is 1.35. The Morgan fingerprint density at radius 2 is 2.03 bits per heavy atom. The third-order valence-electron chi connectivity index (χ3n) is 4.48. The van der Waals surface area contributed by atoms with Crippen molar-refractivity contribution in [3.8, 4) is 0 Å². The number of anilines is 1. The predicted octanol–water partition coefficient (Wildman–Crippen LogP) is 4.07. The maximum Gasteiger partial charge on any atom is 0.183 e. The highest BCUT2D eigenvalue weighted by atomic mass is 32.2. The number of benzene rings is 2. The molecule has 6 nitrogen and oxygen atoms in total. The van der Waals surface area contributed by atoms with E-state index in [9.17, 15) is 8.42 Å². The molecule has 1 aliphatic rings. The Labute approximate surface area is 178 Å². The van der Waals surface area contributed by atoms with Crippen LogP contribution in [0.2, 0.25) is 0 Å². The van der Waals surface area contributed by atoms with Crippen molar-refractivity contribution in [2.24, 2.45) is 4.99 Å². The van der Waals surface area contributed by atoms with E-state index in [1.165, 1.54) is 29.6 Å². The minimum atomic E-state index is -3.21. The van der Waals surface area contributed by atoms with Gasteiger partial charge in [0, 0.05) is 25.1 Å². The molecular formula is C20H22N4O2S3. The molecule has 1 saturated heterocycles. The molecule has 29 heavy (non-hydrogen) atoms. The molecule has 0 spiro atoms. The molecule has 0 atom stereocenters. The second-order valence-corrected chi connectivity index (χ2v) is 10.9. The van der Waals surface area contributed by atoms with Gasteiger partial charge in [-0.05, 0) is 48.7 Å². The molecule has 0 amide bonds. The first-order valence-corrected chi connectivity index (χ1v) is 13.1. The van der Waals surface area contributed by atoms with Crippen molar-refractivity contribution < 1.29 is 8.42 Å². The Kier molecular flexibility index (Phi) is 6.07. The molecule has 0 aliphatic carbocycles. The van der Waals surface area contributed by atoms with E-state index in [-0.39, 0.29) is 0 Å². The standard InChI is InChI=1S/C20H22N4O2S3/c1-29(25,26)16-7-8-17-18(13-16)28-20(24-17)22-11-9-14-3-5-15(6-4-14)23-19-21-10-2-12-27-19/h3-8,13H,2,9-12H2,1H3,(H,21,23)(H,22,24). The molecule has 1 aliphatic heterocycles. The van der Waals surface area contributed by atoms with Crippen LogP contribution in [0.15, 0.2) is 52.4 Å². The van der Waals surface area contributed by atoms with Crippen molar-refractivity contribution in [1.29, 1.82) is 0 Å². The SMILES string of the molecule is CS(=O)(=O)c1ccc2nc(NCCc3ccc(/N=C4/NCCCS4)cc3)sc2c1. The number of fused-ring (bicyclic) bond motifs is 1. The van der Waals surface area contributed by atoms with Crippen LogP contribution in [-0.2, 0) is 16.3 Å². The second kappa shape index (κ2) is 8.73. The summed E-state index contributed by atoms with van der Waals surface area (Å²) in [4.78, 5) is 9.49. The number of nitrogens with one attached hydrogen (secondary N) is 2. The van der Waals surface area contributed by atoms with Gasteiger partial charge in [0.25, 0.3) is 0 Å². The lowest BCUT2D eigenvalue weighted by molar-refractivity contribution is 0.602. The molecule has 4 rings (SSSR count). The van der Waals surface area contributed by atoms with Crippen molar-refractivity contribution >= 4 is 59.1 Å². The smallest absolute Gasteiger partial charge is 0.183 e. The molecule has 0 bridgehead atoms. The third-order valence-corrected chi connectivity index (χ3v) is 7.57. The van der Waals surface area contributed by atoms with E-state index >= 15 is 0 Å². The zero-order chi connectivity index (χ0) is 20.3. The summed E-state index contributed by atoms with van der Waals surface area (Å²) in [5.74, 6) is 1.12. The highest BCUT2D eigenvalue weighted by Gasteiger charge is 2.11. The molecule has 2 aromatic carbocycles. The number of hydrogen-bond acceptors (Lipinski definition) is 7. The number of thiazole rings is 1. The van der Waals surface area contributed by atoms with Crippen LogP contribution in [0.4, 0.5) is 10.8 Å². The molecule has 152 valence electrons. The predicted molar refractivity (Wildman–Crippen MR) is 124 cm³/mol. The fraction of sp³-hybridized carbons (Fsp3) is 0.300. The van der Waals surface area contributed by atoms with Crippen molar-refractivity contribution in [1.82, 2.24) is 10.3 Å². The summed E-state index contributed by atoms with van der Waals surface area (Å²) in [5, 5.41) is 8.46. The molecular weight excluding hydrogens is 424 g/mol. The van der Waals surface area contributed by atoms with E-state index in [0.29, 0.717) is 4.90 Å². The second-order valence-electron chi connectivity index (χ2n) is 6.81. The van der Waals surface area contributed by atoms with Crippen LogP contribution in [0, 0.1) is 0 Å². The van der Waals surface area contributed by atoms with Crippen LogP contribution in [0.3, 0.4) is 0 Å². The number of hydrogen-bond donors (Lipinski definition) is 2.